The maximum absolute atomic E-state index is 12.0. The van der Waals surface area contributed by atoms with E-state index in [4.69, 9.17) is 9.15 Å². The van der Waals surface area contributed by atoms with Crippen LogP contribution in [0, 0.1) is 0 Å². The van der Waals surface area contributed by atoms with Gasteiger partial charge in [-0.2, -0.15) is 0 Å². The number of hydrogen-bond acceptors (Lipinski definition) is 6. The van der Waals surface area contributed by atoms with Gasteiger partial charge < -0.3 is 19.4 Å². The Bertz CT molecular complexity index is 872. The number of anilines is 2. The Hall–Kier alpha value is -3.19. The van der Waals surface area contributed by atoms with Crippen LogP contribution in [0.5, 0.6) is 0 Å². The minimum Gasteiger partial charge on any atom is -0.472 e. The second-order valence-corrected chi connectivity index (χ2v) is 5.92. The first kappa shape index (κ1) is 16.3. The van der Waals surface area contributed by atoms with Crippen molar-refractivity contribution in [2.75, 3.05) is 36.5 Å². The SMILES string of the molecule is O=C(Nc1ccc(-c2cccc(N3CCOCC3)c2)nn1)c1ccoc1. The highest BCUT2D eigenvalue weighted by atomic mass is 16.5. The average Bonchev–Trinajstić information content (AvgIpc) is 3.24. The summed E-state index contributed by atoms with van der Waals surface area (Å²) in [6.45, 7) is 3.26. The molecule has 4 rings (SSSR count). The lowest BCUT2D eigenvalue weighted by Crippen LogP contribution is -2.36. The van der Waals surface area contributed by atoms with Crippen LogP contribution in [0.25, 0.3) is 11.3 Å². The quantitative estimate of drug-likeness (QED) is 0.779. The molecular formula is C19H18N4O3. The number of benzene rings is 1. The summed E-state index contributed by atoms with van der Waals surface area (Å²) in [6.07, 6.45) is 2.83. The number of amides is 1. The van der Waals surface area contributed by atoms with Crippen LogP contribution in [-0.4, -0.2) is 42.4 Å². The summed E-state index contributed by atoms with van der Waals surface area (Å²) >= 11 is 0. The number of furan rings is 1. The van der Waals surface area contributed by atoms with Crippen molar-refractivity contribution in [3.05, 3.63) is 60.6 Å². The molecule has 0 aliphatic carbocycles. The zero-order chi connectivity index (χ0) is 17.8. The first-order valence-corrected chi connectivity index (χ1v) is 8.40. The highest BCUT2D eigenvalue weighted by Crippen LogP contribution is 2.24. The summed E-state index contributed by atoms with van der Waals surface area (Å²) in [5.41, 5.74) is 3.31. The molecule has 0 atom stereocenters. The molecular weight excluding hydrogens is 332 g/mol. The van der Waals surface area contributed by atoms with E-state index in [1.165, 1.54) is 12.5 Å². The van der Waals surface area contributed by atoms with Crippen LogP contribution in [0.2, 0.25) is 0 Å². The molecule has 0 spiro atoms. The number of ether oxygens (including phenoxy) is 1. The van der Waals surface area contributed by atoms with E-state index in [0.29, 0.717) is 11.4 Å². The maximum atomic E-state index is 12.0. The van der Waals surface area contributed by atoms with Crippen molar-refractivity contribution in [3.63, 3.8) is 0 Å². The fraction of sp³-hybridized carbons (Fsp3) is 0.211. The van der Waals surface area contributed by atoms with Gasteiger partial charge in [0, 0.05) is 24.3 Å². The highest BCUT2D eigenvalue weighted by molar-refractivity contribution is 6.03. The molecule has 26 heavy (non-hydrogen) atoms. The van der Waals surface area contributed by atoms with Crippen LogP contribution >= 0.6 is 0 Å². The molecule has 2 aromatic heterocycles. The summed E-state index contributed by atoms with van der Waals surface area (Å²) in [6, 6.07) is 13.4. The fourth-order valence-electron chi connectivity index (χ4n) is 2.82. The van der Waals surface area contributed by atoms with Crippen molar-refractivity contribution in [2.45, 2.75) is 0 Å². The molecule has 0 bridgehead atoms. The van der Waals surface area contributed by atoms with Crippen molar-refractivity contribution < 1.29 is 13.9 Å². The van der Waals surface area contributed by atoms with Crippen LogP contribution in [0.3, 0.4) is 0 Å². The monoisotopic (exact) mass is 350 g/mol. The highest BCUT2D eigenvalue weighted by Gasteiger charge is 2.13. The van der Waals surface area contributed by atoms with Crippen molar-refractivity contribution in [2.24, 2.45) is 0 Å². The normalized spacial score (nSPS) is 14.2. The van der Waals surface area contributed by atoms with Crippen LogP contribution < -0.4 is 10.2 Å². The molecule has 1 aliphatic rings. The van der Waals surface area contributed by atoms with E-state index < -0.39 is 0 Å². The van der Waals surface area contributed by atoms with Crippen LogP contribution in [-0.2, 0) is 4.74 Å². The van der Waals surface area contributed by atoms with Crippen molar-refractivity contribution in [1.82, 2.24) is 10.2 Å². The third-order valence-corrected chi connectivity index (χ3v) is 4.21. The van der Waals surface area contributed by atoms with E-state index in [-0.39, 0.29) is 5.91 Å². The van der Waals surface area contributed by atoms with Crippen LogP contribution in [0.1, 0.15) is 10.4 Å². The molecule has 7 nitrogen and oxygen atoms in total. The lowest BCUT2D eigenvalue weighted by Gasteiger charge is -2.29. The van der Waals surface area contributed by atoms with Gasteiger partial charge in [0.25, 0.3) is 5.91 Å². The molecule has 1 aromatic carbocycles. The lowest BCUT2D eigenvalue weighted by molar-refractivity contribution is 0.102. The van der Waals surface area contributed by atoms with E-state index in [1.807, 2.05) is 18.2 Å². The van der Waals surface area contributed by atoms with E-state index in [2.05, 4.69) is 32.5 Å². The summed E-state index contributed by atoms with van der Waals surface area (Å²) in [4.78, 5) is 14.3. The third kappa shape index (κ3) is 3.57. The molecule has 0 unspecified atom stereocenters. The van der Waals surface area contributed by atoms with E-state index in [9.17, 15) is 4.79 Å². The van der Waals surface area contributed by atoms with Gasteiger partial charge in [-0.25, -0.2) is 0 Å². The molecule has 1 N–H and O–H groups in total. The van der Waals surface area contributed by atoms with E-state index >= 15 is 0 Å². The molecule has 1 aliphatic heterocycles. The summed E-state index contributed by atoms with van der Waals surface area (Å²) < 4.78 is 10.3. The second kappa shape index (κ2) is 7.37. The average molecular weight is 350 g/mol. The first-order chi connectivity index (χ1) is 12.8. The van der Waals surface area contributed by atoms with E-state index in [0.717, 1.165) is 43.2 Å². The Morgan fingerprint density at radius 2 is 1.96 bits per heavy atom. The lowest BCUT2D eigenvalue weighted by atomic mass is 10.1. The minimum absolute atomic E-state index is 0.282. The zero-order valence-corrected chi connectivity index (χ0v) is 14.1. The Kier molecular flexibility index (Phi) is 4.61. The van der Waals surface area contributed by atoms with Crippen LogP contribution in [0.4, 0.5) is 11.5 Å². The standard InChI is InChI=1S/C19H18N4O3/c24-19(15-6-9-26-13-15)20-18-5-4-17(21-22-18)14-2-1-3-16(12-14)23-7-10-25-11-8-23/h1-6,9,12-13H,7-8,10-11H2,(H,20,22,24). The summed E-state index contributed by atoms with van der Waals surface area (Å²) in [5.74, 6) is 0.111. The molecule has 3 heterocycles. The smallest absolute Gasteiger partial charge is 0.260 e. The number of nitrogens with one attached hydrogen (secondary N) is 1. The molecule has 7 heteroatoms. The molecule has 0 saturated carbocycles. The molecule has 1 saturated heterocycles. The van der Waals surface area contributed by atoms with Gasteiger partial charge in [-0.1, -0.05) is 12.1 Å². The number of aromatic nitrogens is 2. The molecule has 0 radical (unpaired) electrons. The number of hydrogen-bond donors (Lipinski definition) is 1. The minimum atomic E-state index is -0.282. The molecule has 3 aromatic rings. The molecule has 1 amide bonds. The van der Waals surface area contributed by atoms with Gasteiger partial charge in [0.2, 0.25) is 0 Å². The van der Waals surface area contributed by atoms with Gasteiger partial charge in [0.15, 0.2) is 5.82 Å². The fourth-order valence-corrected chi connectivity index (χ4v) is 2.82. The number of rotatable bonds is 4. The van der Waals surface area contributed by atoms with Gasteiger partial charge in [-0.3, -0.25) is 4.79 Å². The Morgan fingerprint density at radius 1 is 1.08 bits per heavy atom. The predicted octanol–water partition coefficient (Wildman–Crippen LogP) is 2.83. The molecule has 1 fully saturated rings. The predicted molar refractivity (Wildman–Crippen MR) is 97.2 cm³/mol. The van der Waals surface area contributed by atoms with Gasteiger partial charge >= 0.3 is 0 Å². The van der Waals surface area contributed by atoms with Crippen molar-refractivity contribution in [3.8, 4) is 11.3 Å². The Labute approximate surface area is 150 Å². The van der Waals surface area contributed by atoms with Gasteiger partial charge in [-0.15, -0.1) is 10.2 Å². The third-order valence-electron chi connectivity index (χ3n) is 4.21. The van der Waals surface area contributed by atoms with Crippen molar-refractivity contribution in [1.29, 1.82) is 0 Å². The summed E-state index contributed by atoms with van der Waals surface area (Å²) in [5, 5.41) is 11.0. The molecule has 132 valence electrons. The van der Waals surface area contributed by atoms with Gasteiger partial charge in [0.05, 0.1) is 30.7 Å². The largest absolute Gasteiger partial charge is 0.472 e. The second-order valence-electron chi connectivity index (χ2n) is 5.92. The summed E-state index contributed by atoms with van der Waals surface area (Å²) in [7, 11) is 0. The Morgan fingerprint density at radius 3 is 2.69 bits per heavy atom. The van der Waals surface area contributed by atoms with Gasteiger partial charge in [0.1, 0.15) is 6.26 Å². The maximum Gasteiger partial charge on any atom is 0.260 e. The van der Waals surface area contributed by atoms with E-state index in [1.54, 1.807) is 12.1 Å². The van der Waals surface area contributed by atoms with Crippen molar-refractivity contribution >= 4 is 17.4 Å². The number of carbonyl (C=O) groups excluding carboxylic acids is 1. The topological polar surface area (TPSA) is 80.5 Å². The number of morpholine rings is 1. The zero-order valence-electron chi connectivity index (χ0n) is 14.1. The number of nitrogens with zero attached hydrogens (tertiary/aromatic N) is 3. The van der Waals surface area contributed by atoms with Crippen LogP contribution in [0.15, 0.2) is 59.4 Å². The Balaban J connectivity index is 1.49. The first-order valence-electron chi connectivity index (χ1n) is 8.40. The number of carbonyl (C=O) groups is 1. The van der Waals surface area contributed by atoms with Gasteiger partial charge in [-0.05, 0) is 30.3 Å².